The first-order chi connectivity index (χ1) is 11.2. The quantitative estimate of drug-likeness (QED) is 0.486. The van der Waals surface area contributed by atoms with Crippen molar-refractivity contribution >= 4 is 50.2 Å². The first-order valence-corrected chi connectivity index (χ1v) is 9.73. The minimum Gasteiger partial charge on any atom is -0.495 e. The van der Waals surface area contributed by atoms with Crippen molar-refractivity contribution in [2.24, 2.45) is 5.92 Å². The van der Waals surface area contributed by atoms with Crippen molar-refractivity contribution in [3.05, 3.63) is 22.7 Å². The van der Waals surface area contributed by atoms with E-state index >= 15 is 0 Å². The number of carbonyl (C=O) groups excluding carboxylic acids is 3. The number of hydrogen-bond acceptors (Lipinski definition) is 5. The topological polar surface area (TPSA) is 89.5 Å². The molecular weight excluding hydrogens is 354 g/mol. The smallest absolute Gasteiger partial charge is 0.182 e. The molecule has 0 heterocycles. The first kappa shape index (κ1) is 18.5. The summed E-state index contributed by atoms with van der Waals surface area (Å²) >= 11 is 6.27. The largest absolute Gasteiger partial charge is 0.495 e. The number of ketones is 3. The molecule has 1 aromatic carbocycles. The number of hydrogen-bond donors (Lipinski definition) is 1. The molecule has 8 heteroatoms. The number of anilines is 1. The van der Waals surface area contributed by atoms with Crippen molar-refractivity contribution in [2.45, 2.75) is 19.3 Å². The Balaban J connectivity index is 2.51. The van der Waals surface area contributed by atoms with Gasteiger partial charge in [0.15, 0.2) is 17.3 Å². The van der Waals surface area contributed by atoms with Gasteiger partial charge in [-0.2, -0.15) is 0 Å². The van der Waals surface area contributed by atoms with Gasteiger partial charge in [0.1, 0.15) is 17.4 Å². The van der Waals surface area contributed by atoms with Crippen LogP contribution in [-0.2, 0) is 19.3 Å². The molecule has 0 aliphatic heterocycles. The second-order valence-electron chi connectivity index (χ2n) is 5.69. The van der Waals surface area contributed by atoms with Crippen molar-refractivity contribution in [3.8, 4) is 5.75 Å². The van der Waals surface area contributed by atoms with Crippen LogP contribution in [0.25, 0.3) is 0 Å². The summed E-state index contributed by atoms with van der Waals surface area (Å²) in [5, 5.41) is -0.0521. The van der Waals surface area contributed by atoms with Gasteiger partial charge in [-0.05, 0) is 24.4 Å². The van der Waals surface area contributed by atoms with E-state index in [0.29, 0.717) is 6.42 Å². The molecule has 0 saturated heterocycles. The molecule has 0 bridgehead atoms. The van der Waals surface area contributed by atoms with Crippen LogP contribution < -0.4 is 9.46 Å². The van der Waals surface area contributed by atoms with Gasteiger partial charge >= 0.3 is 0 Å². The highest BCUT2D eigenvalue weighted by atomic mass is 35.5. The Morgan fingerprint density at radius 3 is 2.42 bits per heavy atom. The molecule has 0 amide bonds. The molecule has 0 spiro atoms. The highest BCUT2D eigenvalue weighted by molar-refractivity contribution is 8.00. The highest BCUT2D eigenvalue weighted by Gasteiger charge is 2.37. The second-order valence-corrected chi connectivity index (χ2v) is 8.29. The van der Waals surface area contributed by atoms with Crippen LogP contribution in [0.5, 0.6) is 5.75 Å². The second kappa shape index (κ2) is 6.94. The third kappa shape index (κ3) is 3.79. The molecule has 130 valence electrons. The molecular formula is C16H18ClNO5S. The molecule has 1 N–H and O–H groups in total. The van der Waals surface area contributed by atoms with Gasteiger partial charge in [-0.25, -0.2) is 4.21 Å². The molecule has 0 aromatic heterocycles. The minimum atomic E-state index is -2.68. The van der Waals surface area contributed by atoms with Crippen molar-refractivity contribution in [2.75, 3.05) is 18.1 Å². The standard InChI is InChI=1S/C16H18ClNO5S/c1-23-12-8-7-9(14(17)15(12)18-24(2,3)22)16(21)13-10(19)5-4-6-11(13)20/h7-8,13H,2,4-6H2,1,3H3,(H,18,22). The van der Waals surface area contributed by atoms with E-state index in [0.717, 1.165) is 0 Å². The van der Waals surface area contributed by atoms with Crippen LogP contribution >= 0.6 is 11.6 Å². The summed E-state index contributed by atoms with van der Waals surface area (Å²) in [4.78, 5) is 36.7. The number of Topliss-reactive ketones (excluding diaryl/α,β-unsaturated/α-hetero) is 3. The maximum absolute atomic E-state index is 12.7. The fourth-order valence-corrected chi connectivity index (χ4v) is 3.57. The van der Waals surface area contributed by atoms with Crippen LogP contribution in [0, 0.1) is 5.92 Å². The first-order valence-electron chi connectivity index (χ1n) is 7.22. The number of rotatable bonds is 5. The molecule has 1 aromatic rings. The summed E-state index contributed by atoms with van der Waals surface area (Å²) in [6.07, 6.45) is 2.22. The lowest BCUT2D eigenvalue weighted by Crippen LogP contribution is -2.35. The summed E-state index contributed by atoms with van der Waals surface area (Å²) in [5.74, 6) is 1.00. The van der Waals surface area contributed by atoms with E-state index < -0.39 is 33.0 Å². The van der Waals surface area contributed by atoms with Gasteiger partial charge in [-0.15, -0.1) is 0 Å². The molecule has 24 heavy (non-hydrogen) atoms. The van der Waals surface area contributed by atoms with Gasteiger partial charge in [0.05, 0.1) is 12.1 Å². The van der Waals surface area contributed by atoms with Gasteiger partial charge < -0.3 is 9.46 Å². The molecule has 6 nitrogen and oxygen atoms in total. The average Bonchev–Trinajstić information content (AvgIpc) is 2.47. The maximum Gasteiger partial charge on any atom is 0.182 e. The van der Waals surface area contributed by atoms with Crippen molar-refractivity contribution in [1.29, 1.82) is 0 Å². The van der Waals surface area contributed by atoms with Crippen molar-refractivity contribution in [1.82, 2.24) is 0 Å². The summed E-state index contributed by atoms with van der Waals surface area (Å²) in [5.41, 5.74) is 0.153. The molecule has 1 fully saturated rings. The Morgan fingerprint density at radius 1 is 1.33 bits per heavy atom. The number of halogens is 1. The lowest BCUT2D eigenvalue weighted by Gasteiger charge is -2.20. The van der Waals surface area contributed by atoms with E-state index in [2.05, 4.69) is 10.6 Å². The normalized spacial score (nSPS) is 18.1. The molecule has 1 unspecified atom stereocenters. The van der Waals surface area contributed by atoms with Gasteiger partial charge in [0.2, 0.25) is 0 Å². The van der Waals surface area contributed by atoms with Crippen LogP contribution in [0.3, 0.4) is 0 Å². The van der Waals surface area contributed by atoms with Gasteiger partial charge in [-0.1, -0.05) is 11.6 Å². The van der Waals surface area contributed by atoms with Crippen LogP contribution in [-0.4, -0.2) is 40.8 Å². The van der Waals surface area contributed by atoms with Gasteiger partial charge in [-0.3, -0.25) is 14.4 Å². The number of benzene rings is 1. The number of nitrogens with one attached hydrogen (secondary N) is 1. The predicted molar refractivity (Wildman–Crippen MR) is 94.5 cm³/mol. The molecule has 0 radical (unpaired) electrons. The third-order valence-corrected chi connectivity index (χ3v) is 4.69. The predicted octanol–water partition coefficient (Wildman–Crippen LogP) is 2.14. The molecule has 1 aliphatic rings. The number of ether oxygens (including phenoxy) is 1. The molecule has 1 saturated carbocycles. The van der Waals surface area contributed by atoms with Crippen LogP contribution in [0.4, 0.5) is 5.69 Å². The zero-order chi connectivity index (χ0) is 18.1. The van der Waals surface area contributed by atoms with Gasteiger partial charge in [0, 0.05) is 34.4 Å². The SMILES string of the molecule is C=S(C)(=O)Nc1c(OC)ccc(C(=O)C2C(=O)CCCC2=O)c1Cl. The van der Waals surface area contributed by atoms with E-state index in [1.54, 1.807) is 0 Å². The summed E-state index contributed by atoms with van der Waals surface area (Å²) < 4.78 is 19.7. The fourth-order valence-electron chi connectivity index (χ4n) is 2.58. The summed E-state index contributed by atoms with van der Waals surface area (Å²) in [6, 6.07) is 2.86. The Morgan fingerprint density at radius 2 is 1.92 bits per heavy atom. The van der Waals surface area contributed by atoms with E-state index in [4.69, 9.17) is 16.3 Å². The van der Waals surface area contributed by atoms with E-state index in [1.807, 2.05) is 0 Å². The van der Waals surface area contributed by atoms with E-state index in [-0.39, 0.29) is 34.9 Å². The van der Waals surface area contributed by atoms with Gasteiger partial charge in [0.25, 0.3) is 0 Å². The zero-order valence-electron chi connectivity index (χ0n) is 13.4. The molecule has 1 atom stereocenters. The molecule has 2 rings (SSSR count). The minimum absolute atomic E-state index is 0.0113. The lowest BCUT2D eigenvalue weighted by atomic mass is 9.81. The average molecular weight is 372 g/mol. The number of methoxy groups -OCH3 is 1. The molecule has 1 aliphatic carbocycles. The Bertz CT molecular complexity index is 800. The monoisotopic (exact) mass is 371 g/mol. The van der Waals surface area contributed by atoms with Crippen LogP contribution in [0.15, 0.2) is 12.1 Å². The summed E-state index contributed by atoms with van der Waals surface area (Å²) in [6.45, 7) is 0. The van der Waals surface area contributed by atoms with Crippen LogP contribution in [0.2, 0.25) is 5.02 Å². The third-order valence-electron chi connectivity index (χ3n) is 3.66. The zero-order valence-corrected chi connectivity index (χ0v) is 15.0. The van der Waals surface area contributed by atoms with Crippen molar-refractivity contribution < 1.29 is 23.3 Å². The fraction of sp³-hybridized carbons (Fsp3) is 0.375. The van der Waals surface area contributed by atoms with E-state index in [9.17, 15) is 18.6 Å². The summed E-state index contributed by atoms with van der Waals surface area (Å²) in [7, 11) is -1.28. The number of carbonyl (C=O) groups is 3. The Hall–Kier alpha value is -1.86. The lowest BCUT2D eigenvalue weighted by molar-refractivity contribution is -0.133. The van der Waals surface area contributed by atoms with Crippen LogP contribution in [0.1, 0.15) is 29.6 Å². The maximum atomic E-state index is 12.7. The Kier molecular flexibility index (Phi) is 5.35. The highest BCUT2D eigenvalue weighted by Crippen LogP contribution is 2.37. The van der Waals surface area contributed by atoms with Crippen molar-refractivity contribution in [3.63, 3.8) is 0 Å². The van der Waals surface area contributed by atoms with E-state index in [1.165, 1.54) is 25.5 Å². The Labute approximate surface area is 145 Å².